The Labute approximate surface area is 104 Å². The van der Waals surface area contributed by atoms with E-state index in [0.29, 0.717) is 0 Å². The highest BCUT2D eigenvalue weighted by atomic mass is 32.2. The van der Waals surface area contributed by atoms with E-state index < -0.39 is 15.8 Å². The minimum absolute atomic E-state index is 0.0545. The maximum absolute atomic E-state index is 13.3. The Morgan fingerprint density at radius 1 is 1.17 bits per heavy atom. The molecular weight excluding hydrogens is 257 g/mol. The molecule has 94 valence electrons. The molecule has 18 heavy (non-hydrogen) atoms. The average molecular weight is 267 g/mol. The molecule has 0 aliphatic rings. The molecule has 0 aliphatic heterocycles. The van der Waals surface area contributed by atoms with Gasteiger partial charge in [0.15, 0.2) is 0 Å². The summed E-state index contributed by atoms with van der Waals surface area (Å²) in [4.78, 5) is 7.36. The Bertz CT molecular complexity index is 659. The summed E-state index contributed by atoms with van der Waals surface area (Å²) in [5.41, 5.74) is 0.0564. The van der Waals surface area contributed by atoms with Crippen LogP contribution in [0.3, 0.4) is 0 Å². The van der Waals surface area contributed by atoms with Gasteiger partial charge in [-0.1, -0.05) is 6.07 Å². The Balaban J connectivity index is 2.41. The fourth-order valence-electron chi connectivity index (χ4n) is 1.41. The SMILES string of the molecule is Cc1c(F)cccc1S(=O)(=O)Nc1ncccn1. The number of hydrogen-bond acceptors (Lipinski definition) is 4. The highest BCUT2D eigenvalue weighted by Crippen LogP contribution is 2.19. The van der Waals surface area contributed by atoms with Crippen molar-refractivity contribution in [2.24, 2.45) is 0 Å². The number of sulfonamides is 1. The summed E-state index contributed by atoms with van der Waals surface area (Å²) in [5.74, 6) is -0.631. The van der Waals surface area contributed by atoms with Gasteiger partial charge >= 0.3 is 0 Å². The fraction of sp³-hybridized carbons (Fsp3) is 0.0909. The van der Waals surface area contributed by atoms with E-state index in [2.05, 4.69) is 14.7 Å². The number of aromatic nitrogens is 2. The third kappa shape index (κ3) is 2.45. The molecule has 0 bridgehead atoms. The van der Waals surface area contributed by atoms with Gasteiger partial charge in [0, 0.05) is 18.0 Å². The molecule has 0 fully saturated rings. The Morgan fingerprint density at radius 2 is 1.83 bits per heavy atom. The van der Waals surface area contributed by atoms with Gasteiger partial charge in [-0.25, -0.2) is 27.5 Å². The van der Waals surface area contributed by atoms with Crippen LogP contribution in [0.15, 0.2) is 41.6 Å². The van der Waals surface area contributed by atoms with E-state index in [9.17, 15) is 12.8 Å². The van der Waals surface area contributed by atoms with Crippen molar-refractivity contribution in [2.75, 3.05) is 4.72 Å². The van der Waals surface area contributed by atoms with E-state index in [1.54, 1.807) is 6.07 Å². The fourth-order valence-corrected chi connectivity index (χ4v) is 2.62. The lowest BCUT2D eigenvalue weighted by Gasteiger charge is -2.09. The maximum atomic E-state index is 13.3. The van der Waals surface area contributed by atoms with Crippen LogP contribution >= 0.6 is 0 Å². The molecule has 5 nitrogen and oxygen atoms in total. The molecule has 0 aliphatic carbocycles. The number of rotatable bonds is 3. The molecule has 1 N–H and O–H groups in total. The highest BCUT2D eigenvalue weighted by molar-refractivity contribution is 7.92. The van der Waals surface area contributed by atoms with Crippen LogP contribution in [-0.4, -0.2) is 18.4 Å². The number of nitrogens with one attached hydrogen (secondary N) is 1. The van der Waals surface area contributed by atoms with E-state index >= 15 is 0 Å². The Morgan fingerprint density at radius 3 is 2.50 bits per heavy atom. The molecular formula is C11H10FN3O2S. The van der Waals surface area contributed by atoms with Crippen molar-refractivity contribution >= 4 is 16.0 Å². The molecule has 0 radical (unpaired) electrons. The van der Waals surface area contributed by atoms with E-state index in [4.69, 9.17) is 0 Å². The van der Waals surface area contributed by atoms with Crippen LogP contribution in [0.1, 0.15) is 5.56 Å². The van der Waals surface area contributed by atoms with Gasteiger partial charge in [0.2, 0.25) is 5.95 Å². The smallest absolute Gasteiger partial charge is 0.247 e. The average Bonchev–Trinajstić information content (AvgIpc) is 2.33. The minimum Gasteiger partial charge on any atom is -0.247 e. The van der Waals surface area contributed by atoms with Crippen molar-refractivity contribution in [3.63, 3.8) is 0 Å². The Hall–Kier alpha value is -2.02. The first-order valence-electron chi connectivity index (χ1n) is 5.05. The zero-order valence-electron chi connectivity index (χ0n) is 9.46. The topological polar surface area (TPSA) is 72.0 Å². The normalized spacial score (nSPS) is 11.2. The lowest BCUT2D eigenvalue weighted by Crippen LogP contribution is -2.16. The summed E-state index contributed by atoms with van der Waals surface area (Å²) in [6.07, 6.45) is 2.81. The van der Waals surface area contributed by atoms with Crippen LogP contribution in [0.5, 0.6) is 0 Å². The van der Waals surface area contributed by atoms with E-state index in [-0.39, 0.29) is 16.4 Å². The van der Waals surface area contributed by atoms with Crippen molar-refractivity contribution < 1.29 is 12.8 Å². The lowest BCUT2D eigenvalue weighted by atomic mass is 10.2. The van der Waals surface area contributed by atoms with Crippen molar-refractivity contribution in [3.05, 3.63) is 48.0 Å². The number of nitrogens with zero attached hydrogens (tertiary/aromatic N) is 2. The molecule has 2 rings (SSSR count). The molecule has 1 heterocycles. The second-order valence-corrected chi connectivity index (χ2v) is 5.19. The predicted molar refractivity (Wildman–Crippen MR) is 64.0 cm³/mol. The summed E-state index contributed by atoms with van der Waals surface area (Å²) >= 11 is 0. The molecule has 1 aromatic carbocycles. The molecule has 7 heteroatoms. The van der Waals surface area contributed by atoms with Crippen molar-refractivity contribution in [2.45, 2.75) is 11.8 Å². The zero-order valence-corrected chi connectivity index (χ0v) is 10.3. The van der Waals surface area contributed by atoms with Crippen LogP contribution in [-0.2, 0) is 10.0 Å². The number of benzene rings is 1. The molecule has 1 aromatic heterocycles. The van der Waals surface area contributed by atoms with Crippen LogP contribution in [0.2, 0.25) is 0 Å². The third-order valence-corrected chi connectivity index (χ3v) is 3.77. The molecule has 0 saturated heterocycles. The molecule has 0 spiro atoms. The van der Waals surface area contributed by atoms with Crippen LogP contribution in [0.4, 0.5) is 10.3 Å². The first-order valence-corrected chi connectivity index (χ1v) is 6.54. The summed E-state index contributed by atoms with van der Waals surface area (Å²) in [7, 11) is -3.88. The monoisotopic (exact) mass is 267 g/mol. The van der Waals surface area contributed by atoms with Crippen LogP contribution in [0.25, 0.3) is 0 Å². The molecule has 0 saturated carbocycles. The number of hydrogen-bond donors (Lipinski definition) is 1. The second-order valence-electron chi connectivity index (χ2n) is 3.54. The third-order valence-electron chi connectivity index (χ3n) is 2.30. The molecule has 0 atom stereocenters. The standard InChI is InChI=1S/C11H10FN3O2S/c1-8-9(12)4-2-5-10(8)18(16,17)15-11-13-6-3-7-14-11/h2-7H,1H3,(H,13,14,15). The predicted octanol–water partition coefficient (Wildman–Crippen LogP) is 1.72. The summed E-state index contributed by atoms with van der Waals surface area (Å²) in [5, 5.41) is 0. The van der Waals surface area contributed by atoms with Gasteiger partial charge < -0.3 is 0 Å². The van der Waals surface area contributed by atoms with Gasteiger partial charge in [-0.2, -0.15) is 0 Å². The number of anilines is 1. The quantitative estimate of drug-likeness (QED) is 0.919. The zero-order chi connectivity index (χ0) is 13.2. The van der Waals surface area contributed by atoms with Gasteiger partial charge in [-0.3, -0.25) is 0 Å². The van der Waals surface area contributed by atoms with Crippen molar-refractivity contribution in [1.82, 2.24) is 9.97 Å². The van der Waals surface area contributed by atoms with Crippen LogP contribution < -0.4 is 4.72 Å². The Kier molecular flexibility index (Phi) is 3.24. The van der Waals surface area contributed by atoms with Gasteiger partial charge in [0.05, 0.1) is 4.90 Å². The maximum Gasteiger partial charge on any atom is 0.264 e. The first kappa shape index (κ1) is 12.4. The van der Waals surface area contributed by atoms with Crippen molar-refractivity contribution in [3.8, 4) is 0 Å². The second kappa shape index (κ2) is 4.69. The summed E-state index contributed by atoms with van der Waals surface area (Å²) in [6.45, 7) is 1.40. The van der Waals surface area contributed by atoms with Gasteiger partial charge in [0.25, 0.3) is 10.0 Å². The summed E-state index contributed by atoms with van der Waals surface area (Å²) in [6, 6.07) is 5.42. The highest BCUT2D eigenvalue weighted by Gasteiger charge is 2.19. The minimum atomic E-state index is -3.88. The molecule has 0 unspecified atom stereocenters. The molecule has 0 amide bonds. The van der Waals surface area contributed by atoms with Crippen LogP contribution in [0, 0.1) is 12.7 Å². The van der Waals surface area contributed by atoms with E-state index in [1.165, 1.54) is 37.5 Å². The number of halogens is 1. The van der Waals surface area contributed by atoms with E-state index in [0.717, 1.165) is 0 Å². The van der Waals surface area contributed by atoms with Gasteiger partial charge in [-0.05, 0) is 25.1 Å². The largest absolute Gasteiger partial charge is 0.264 e. The lowest BCUT2D eigenvalue weighted by molar-refractivity contribution is 0.590. The van der Waals surface area contributed by atoms with Gasteiger partial charge in [0.1, 0.15) is 5.82 Å². The first-order chi connectivity index (χ1) is 8.50. The van der Waals surface area contributed by atoms with E-state index in [1.807, 2.05) is 0 Å². The summed E-state index contributed by atoms with van der Waals surface area (Å²) < 4.78 is 39.5. The van der Waals surface area contributed by atoms with Gasteiger partial charge in [-0.15, -0.1) is 0 Å². The van der Waals surface area contributed by atoms with Crippen molar-refractivity contribution in [1.29, 1.82) is 0 Å². The molecule has 2 aromatic rings.